The van der Waals surface area contributed by atoms with Crippen molar-refractivity contribution in [3.8, 4) is 0 Å². The molecule has 1 heterocycles. The summed E-state index contributed by atoms with van der Waals surface area (Å²) >= 11 is 5.97. The van der Waals surface area contributed by atoms with Crippen LogP contribution in [0.2, 0.25) is 5.02 Å². The summed E-state index contributed by atoms with van der Waals surface area (Å²) in [5.41, 5.74) is 3.07. The van der Waals surface area contributed by atoms with Gasteiger partial charge in [-0.1, -0.05) is 83.9 Å². The molecule has 1 aliphatic rings. The van der Waals surface area contributed by atoms with Crippen LogP contribution in [0.5, 0.6) is 0 Å². The zero-order valence-corrected chi connectivity index (χ0v) is 22.5. The highest BCUT2D eigenvalue weighted by atomic mass is 35.5. The third-order valence-corrected chi connectivity index (χ3v) is 8.50. The minimum atomic E-state index is -3.90. The summed E-state index contributed by atoms with van der Waals surface area (Å²) in [5, 5.41) is 0.455. The lowest BCUT2D eigenvalue weighted by atomic mass is 10.1. The van der Waals surface area contributed by atoms with Gasteiger partial charge < -0.3 is 4.90 Å². The van der Waals surface area contributed by atoms with E-state index in [4.69, 9.17) is 11.6 Å². The molecule has 3 aromatic carbocycles. The minimum Gasteiger partial charge on any atom is -0.339 e. The van der Waals surface area contributed by atoms with E-state index in [0.29, 0.717) is 18.1 Å². The normalized spacial score (nSPS) is 14.9. The van der Waals surface area contributed by atoms with E-state index in [-0.39, 0.29) is 23.9 Å². The lowest BCUT2D eigenvalue weighted by molar-refractivity contribution is -0.133. The molecule has 0 radical (unpaired) electrons. The Hall–Kier alpha value is -2.97. The highest BCUT2D eigenvalue weighted by Gasteiger charge is 2.30. The summed E-state index contributed by atoms with van der Waals surface area (Å²) in [5.74, 6) is -0.191. The summed E-state index contributed by atoms with van der Waals surface area (Å²) in [6.07, 6.45) is 4.23. The zero-order valence-electron chi connectivity index (χ0n) is 21.0. The predicted molar refractivity (Wildman–Crippen MR) is 149 cm³/mol. The smallest absolute Gasteiger partial charge is 0.243 e. The first kappa shape index (κ1) is 27.1. The fourth-order valence-electron chi connectivity index (χ4n) is 4.21. The van der Waals surface area contributed by atoms with Crippen LogP contribution in [0.25, 0.3) is 6.08 Å². The fraction of sp³-hybridized carbons (Fsp3) is 0.276. The van der Waals surface area contributed by atoms with Gasteiger partial charge in [-0.3, -0.25) is 9.69 Å². The molecule has 37 heavy (non-hydrogen) atoms. The Kier molecular flexibility index (Phi) is 9.16. The first-order valence-electron chi connectivity index (χ1n) is 12.3. The highest BCUT2D eigenvalue weighted by molar-refractivity contribution is 7.89. The van der Waals surface area contributed by atoms with Crippen molar-refractivity contribution in [3.05, 3.63) is 107 Å². The zero-order chi connectivity index (χ0) is 26.3. The molecule has 1 aliphatic heterocycles. The van der Waals surface area contributed by atoms with Gasteiger partial charge in [0.1, 0.15) is 0 Å². The lowest BCUT2D eigenvalue weighted by Gasteiger charge is -2.35. The van der Waals surface area contributed by atoms with Crippen molar-refractivity contribution in [2.45, 2.75) is 18.4 Å². The molecule has 1 fully saturated rings. The third-order valence-electron chi connectivity index (χ3n) is 6.44. The van der Waals surface area contributed by atoms with Crippen molar-refractivity contribution < 1.29 is 13.2 Å². The van der Waals surface area contributed by atoms with E-state index in [1.165, 1.54) is 16.4 Å². The summed E-state index contributed by atoms with van der Waals surface area (Å²) in [6.45, 7) is 5.30. The Morgan fingerprint density at radius 2 is 1.57 bits per heavy atom. The molecule has 0 bridgehead atoms. The molecule has 8 heteroatoms. The van der Waals surface area contributed by atoms with Crippen LogP contribution in [-0.4, -0.2) is 67.7 Å². The van der Waals surface area contributed by atoms with Crippen molar-refractivity contribution in [2.24, 2.45) is 0 Å². The quantitative estimate of drug-likeness (QED) is 0.397. The molecule has 4 rings (SSSR count). The maximum absolute atomic E-state index is 13.5. The Bertz CT molecular complexity index is 1300. The standard InChI is InChI=1S/C29H32ClN3O3S/c1-24-9-11-26(12-10-24)22-33(37(35,36)28-15-13-27(30)14-16-28)23-29(34)32-20-18-31(19-21-32)17-5-8-25-6-3-2-4-7-25/h2-16H,17-23H2,1H3/b8-5+. The van der Waals surface area contributed by atoms with Crippen LogP contribution < -0.4 is 0 Å². The SMILES string of the molecule is Cc1ccc(CN(CC(=O)N2CCN(C/C=C/c3ccccc3)CC2)S(=O)(=O)c2ccc(Cl)cc2)cc1. The third kappa shape index (κ3) is 7.52. The minimum absolute atomic E-state index is 0.112. The van der Waals surface area contributed by atoms with Crippen LogP contribution in [0.15, 0.2) is 89.8 Å². The first-order chi connectivity index (χ1) is 17.8. The van der Waals surface area contributed by atoms with Gasteiger partial charge in [0, 0.05) is 44.3 Å². The number of hydrogen-bond donors (Lipinski definition) is 0. The molecule has 0 atom stereocenters. The predicted octanol–water partition coefficient (Wildman–Crippen LogP) is 4.70. The van der Waals surface area contributed by atoms with Crippen LogP contribution in [0.1, 0.15) is 16.7 Å². The second-order valence-corrected chi connectivity index (χ2v) is 11.6. The summed E-state index contributed by atoms with van der Waals surface area (Å²) in [7, 11) is -3.90. The molecule has 6 nitrogen and oxygen atoms in total. The Balaban J connectivity index is 1.40. The Morgan fingerprint density at radius 1 is 0.919 bits per heavy atom. The lowest BCUT2D eigenvalue weighted by Crippen LogP contribution is -2.51. The topological polar surface area (TPSA) is 60.9 Å². The van der Waals surface area contributed by atoms with Gasteiger partial charge in [0.15, 0.2) is 0 Å². The van der Waals surface area contributed by atoms with E-state index in [1.807, 2.05) is 49.4 Å². The molecule has 194 valence electrons. The van der Waals surface area contributed by atoms with E-state index in [0.717, 1.165) is 36.3 Å². The number of hydrogen-bond acceptors (Lipinski definition) is 4. The van der Waals surface area contributed by atoms with E-state index in [2.05, 4.69) is 29.2 Å². The molecule has 1 saturated heterocycles. The highest BCUT2D eigenvalue weighted by Crippen LogP contribution is 2.21. The Labute approximate surface area is 224 Å². The van der Waals surface area contributed by atoms with Crippen molar-refractivity contribution in [2.75, 3.05) is 39.3 Å². The van der Waals surface area contributed by atoms with E-state index in [9.17, 15) is 13.2 Å². The number of benzene rings is 3. The molecule has 0 aliphatic carbocycles. The fourth-order valence-corrected chi connectivity index (χ4v) is 5.71. The number of amides is 1. The van der Waals surface area contributed by atoms with Gasteiger partial charge in [-0.25, -0.2) is 8.42 Å². The van der Waals surface area contributed by atoms with E-state index < -0.39 is 10.0 Å². The van der Waals surface area contributed by atoms with Gasteiger partial charge in [0.05, 0.1) is 11.4 Å². The van der Waals surface area contributed by atoms with Crippen LogP contribution in [0.3, 0.4) is 0 Å². The monoisotopic (exact) mass is 537 g/mol. The molecule has 0 aromatic heterocycles. The van der Waals surface area contributed by atoms with Crippen molar-refractivity contribution in [1.29, 1.82) is 0 Å². The number of carbonyl (C=O) groups is 1. The number of halogens is 1. The van der Waals surface area contributed by atoms with Crippen LogP contribution in [0, 0.1) is 6.92 Å². The van der Waals surface area contributed by atoms with Crippen LogP contribution in [0.4, 0.5) is 0 Å². The largest absolute Gasteiger partial charge is 0.339 e. The van der Waals surface area contributed by atoms with E-state index in [1.54, 1.807) is 17.0 Å². The second kappa shape index (κ2) is 12.5. The van der Waals surface area contributed by atoms with Crippen molar-refractivity contribution in [1.82, 2.24) is 14.1 Å². The number of piperazine rings is 1. The number of aryl methyl sites for hydroxylation is 1. The van der Waals surface area contributed by atoms with Crippen LogP contribution in [-0.2, 0) is 21.4 Å². The molecular formula is C29H32ClN3O3S. The number of carbonyl (C=O) groups excluding carboxylic acids is 1. The van der Waals surface area contributed by atoms with Crippen molar-refractivity contribution >= 4 is 33.6 Å². The number of sulfonamides is 1. The Morgan fingerprint density at radius 3 is 2.22 bits per heavy atom. The number of rotatable bonds is 9. The summed E-state index contributed by atoms with van der Waals surface area (Å²) in [6, 6.07) is 23.9. The average molecular weight is 538 g/mol. The molecule has 0 saturated carbocycles. The van der Waals surface area contributed by atoms with Crippen molar-refractivity contribution in [3.63, 3.8) is 0 Å². The van der Waals surface area contributed by atoms with Gasteiger partial charge in [-0.15, -0.1) is 0 Å². The molecule has 3 aromatic rings. The summed E-state index contributed by atoms with van der Waals surface area (Å²) in [4.78, 5) is 17.4. The molecule has 0 unspecified atom stereocenters. The van der Waals surface area contributed by atoms with Gasteiger partial charge in [-0.2, -0.15) is 4.31 Å². The van der Waals surface area contributed by atoms with E-state index >= 15 is 0 Å². The van der Waals surface area contributed by atoms with Gasteiger partial charge >= 0.3 is 0 Å². The van der Waals surface area contributed by atoms with Gasteiger partial charge in [0.25, 0.3) is 0 Å². The van der Waals surface area contributed by atoms with Gasteiger partial charge in [-0.05, 0) is 42.3 Å². The molecular weight excluding hydrogens is 506 g/mol. The second-order valence-electron chi connectivity index (χ2n) is 9.21. The molecule has 0 N–H and O–H groups in total. The first-order valence-corrected chi connectivity index (χ1v) is 14.2. The maximum Gasteiger partial charge on any atom is 0.243 e. The van der Waals surface area contributed by atoms with Crippen LogP contribution >= 0.6 is 11.6 Å². The molecule has 0 spiro atoms. The van der Waals surface area contributed by atoms with Gasteiger partial charge in [0.2, 0.25) is 15.9 Å². The maximum atomic E-state index is 13.5. The molecule has 1 amide bonds. The average Bonchev–Trinajstić information content (AvgIpc) is 2.91. The summed E-state index contributed by atoms with van der Waals surface area (Å²) < 4.78 is 28.3. The number of nitrogens with zero attached hydrogens (tertiary/aromatic N) is 3.